The number of carbonyl (C=O) groups excluding carboxylic acids is 1. The van der Waals surface area contributed by atoms with Crippen molar-refractivity contribution in [1.29, 1.82) is 0 Å². The first-order chi connectivity index (χ1) is 12.6. The molecule has 27 heavy (non-hydrogen) atoms. The number of amides is 1. The van der Waals surface area contributed by atoms with Crippen LogP contribution in [0.5, 0.6) is 11.5 Å². The number of nitrogens with two attached hydrogens (primary N) is 1. The molecule has 146 valence electrons. The van der Waals surface area contributed by atoms with Crippen molar-refractivity contribution in [2.24, 2.45) is 0 Å². The van der Waals surface area contributed by atoms with E-state index in [1.54, 1.807) is 18.2 Å². The Morgan fingerprint density at radius 2 is 1.78 bits per heavy atom. The number of benzene rings is 2. The van der Waals surface area contributed by atoms with Gasteiger partial charge < -0.3 is 20.5 Å². The lowest BCUT2D eigenvalue weighted by Gasteiger charge is -2.18. The summed E-state index contributed by atoms with van der Waals surface area (Å²) in [4.78, 5) is 12.6. The lowest BCUT2D eigenvalue weighted by molar-refractivity contribution is -0.120. The third-order valence-electron chi connectivity index (χ3n) is 4.01. The minimum Gasteiger partial charge on any atom is -0.486 e. The maximum absolute atomic E-state index is 12.4. The molecular weight excluding hydrogens is 388 g/mol. The highest BCUT2D eigenvalue weighted by molar-refractivity contribution is 7.85. The van der Waals surface area contributed by atoms with E-state index in [0.29, 0.717) is 36.2 Å². The van der Waals surface area contributed by atoms with Gasteiger partial charge in [-0.1, -0.05) is 12.1 Å². The van der Waals surface area contributed by atoms with Gasteiger partial charge in [-0.15, -0.1) is 12.4 Å². The Morgan fingerprint density at radius 3 is 2.52 bits per heavy atom. The molecule has 2 aromatic carbocycles. The molecule has 3 rings (SSSR count). The van der Waals surface area contributed by atoms with Crippen molar-refractivity contribution in [3.05, 3.63) is 48.0 Å². The minimum atomic E-state index is -1.26. The van der Waals surface area contributed by atoms with E-state index in [4.69, 9.17) is 15.2 Å². The van der Waals surface area contributed by atoms with E-state index < -0.39 is 10.8 Å². The molecule has 0 spiro atoms. The van der Waals surface area contributed by atoms with E-state index in [1.165, 1.54) is 0 Å². The molecule has 8 heteroatoms. The molecular formula is C19H23ClN2O4S. The van der Waals surface area contributed by atoms with Crippen LogP contribution in [0.2, 0.25) is 0 Å². The number of rotatable bonds is 7. The van der Waals surface area contributed by atoms with Crippen LogP contribution < -0.4 is 20.5 Å². The zero-order chi connectivity index (χ0) is 18.4. The van der Waals surface area contributed by atoms with Gasteiger partial charge in [0.15, 0.2) is 11.5 Å². The zero-order valence-electron chi connectivity index (χ0n) is 14.8. The van der Waals surface area contributed by atoms with Crippen LogP contribution in [0, 0.1) is 0 Å². The maximum Gasteiger partial charge on any atom is 0.220 e. The fourth-order valence-corrected chi connectivity index (χ4v) is 3.65. The lowest BCUT2D eigenvalue weighted by Crippen LogP contribution is -2.26. The van der Waals surface area contributed by atoms with Gasteiger partial charge in [-0.2, -0.15) is 0 Å². The second kappa shape index (κ2) is 10.2. The van der Waals surface area contributed by atoms with Gasteiger partial charge in [0.1, 0.15) is 13.2 Å². The van der Waals surface area contributed by atoms with Gasteiger partial charge in [0.25, 0.3) is 0 Å². The standard InChI is InChI=1S/C19H22N2O4S.ClH/c20-15-3-1-14(2-4-15)7-9-21-19(22)8-12-26(23)16-5-6-17-18(13-16)25-11-10-24-17;/h1-6,13H,7-12,20H2,(H,21,22);1H. The van der Waals surface area contributed by atoms with Crippen molar-refractivity contribution in [3.63, 3.8) is 0 Å². The lowest BCUT2D eigenvalue weighted by atomic mass is 10.1. The Hall–Kier alpha value is -2.25. The number of hydrogen-bond donors (Lipinski definition) is 2. The number of halogens is 1. The fourth-order valence-electron chi connectivity index (χ4n) is 2.59. The Bertz CT molecular complexity index is 799. The topological polar surface area (TPSA) is 90.7 Å². The third kappa shape index (κ3) is 6.15. The summed E-state index contributed by atoms with van der Waals surface area (Å²) in [7, 11) is -1.26. The molecule has 0 bridgehead atoms. The third-order valence-corrected chi connectivity index (χ3v) is 5.36. The van der Waals surface area contributed by atoms with Crippen LogP contribution in [0.15, 0.2) is 47.4 Å². The summed E-state index contributed by atoms with van der Waals surface area (Å²) < 4.78 is 23.3. The van der Waals surface area contributed by atoms with E-state index in [-0.39, 0.29) is 30.5 Å². The van der Waals surface area contributed by atoms with Crippen molar-refractivity contribution < 1.29 is 18.5 Å². The van der Waals surface area contributed by atoms with Crippen molar-refractivity contribution in [1.82, 2.24) is 5.32 Å². The van der Waals surface area contributed by atoms with Crippen molar-refractivity contribution in [3.8, 4) is 11.5 Å². The summed E-state index contributed by atoms with van der Waals surface area (Å²) in [5.41, 5.74) is 7.48. The van der Waals surface area contributed by atoms with Gasteiger partial charge in [0.2, 0.25) is 5.91 Å². The number of carbonyl (C=O) groups is 1. The molecule has 1 amide bonds. The summed E-state index contributed by atoms with van der Waals surface area (Å²) in [6.45, 7) is 1.55. The van der Waals surface area contributed by atoms with Crippen molar-refractivity contribution in [2.45, 2.75) is 17.7 Å². The molecule has 1 unspecified atom stereocenters. The summed E-state index contributed by atoms with van der Waals surface area (Å²) in [5.74, 6) is 1.44. The molecule has 1 aliphatic rings. The highest BCUT2D eigenvalue weighted by Crippen LogP contribution is 2.31. The predicted molar refractivity (Wildman–Crippen MR) is 108 cm³/mol. The van der Waals surface area contributed by atoms with Gasteiger partial charge in [-0.25, -0.2) is 0 Å². The van der Waals surface area contributed by atoms with Crippen LogP contribution in [-0.4, -0.2) is 35.6 Å². The van der Waals surface area contributed by atoms with Crippen LogP contribution in [0.1, 0.15) is 12.0 Å². The fraction of sp³-hybridized carbons (Fsp3) is 0.316. The van der Waals surface area contributed by atoms with E-state index in [0.717, 1.165) is 17.7 Å². The number of nitrogens with one attached hydrogen (secondary N) is 1. The molecule has 1 atom stereocenters. The molecule has 0 aliphatic carbocycles. The zero-order valence-corrected chi connectivity index (χ0v) is 16.4. The molecule has 0 saturated carbocycles. The van der Waals surface area contributed by atoms with E-state index >= 15 is 0 Å². The monoisotopic (exact) mass is 410 g/mol. The second-order valence-corrected chi connectivity index (χ2v) is 7.52. The SMILES string of the molecule is Cl.Nc1ccc(CCNC(=O)CCS(=O)c2ccc3c(c2)OCCO3)cc1. The van der Waals surface area contributed by atoms with E-state index in [2.05, 4.69) is 5.32 Å². The molecule has 0 aromatic heterocycles. The summed E-state index contributed by atoms with van der Waals surface area (Å²) in [5, 5.41) is 2.85. The highest BCUT2D eigenvalue weighted by atomic mass is 35.5. The largest absolute Gasteiger partial charge is 0.486 e. The van der Waals surface area contributed by atoms with Gasteiger partial charge in [-0.05, 0) is 36.2 Å². The number of anilines is 1. The van der Waals surface area contributed by atoms with Crippen molar-refractivity contribution in [2.75, 3.05) is 31.2 Å². The normalized spacial score (nSPS) is 13.3. The van der Waals surface area contributed by atoms with Gasteiger partial charge >= 0.3 is 0 Å². The van der Waals surface area contributed by atoms with Gasteiger partial charge in [0, 0.05) is 35.4 Å². The van der Waals surface area contributed by atoms with Crippen LogP contribution in [0.3, 0.4) is 0 Å². The van der Waals surface area contributed by atoms with Gasteiger partial charge in [0.05, 0.1) is 10.8 Å². The summed E-state index contributed by atoms with van der Waals surface area (Å²) >= 11 is 0. The molecule has 1 aliphatic heterocycles. The molecule has 2 aromatic rings. The average Bonchev–Trinajstić information content (AvgIpc) is 2.67. The summed E-state index contributed by atoms with van der Waals surface area (Å²) in [6.07, 6.45) is 0.945. The van der Waals surface area contributed by atoms with Crippen LogP contribution >= 0.6 is 12.4 Å². The molecule has 0 radical (unpaired) electrons. The highest BCUT2D eigenvalue weighted by Gasteiger charge is 2.15. The average molecular weight is 411 g/mol. The summed E-state index contributed by atoms with van der Waals surface area (Å²) in [6, 6.07) is 12.8. The number of nitrogen functional groups attached to an aromatic ring is 1. The quantitative estimate of drug-likeness (QED) is 0.683. The maximum atomic E-state index is 12.4. The molecule has 1 heterocycles. The van der Waals surface area contributed by atoms with E-state index in [9.17, 15) is 9.00 Å². The van der Waals surface area contributed by atoms with Crippen LogP contribution in [0.25, 0.3) is 0 Å². The molecule has 3 N–H and O–H groups in total. The molecule has 0 fully saturated rings. The molecule has 6 nitrogen and oxygen atoms in total. The van der Waals surface area contributed by atoms with E-state index in [1.807, 2.05) is 24.3 Å². The van der Waals surface area contributed by atoms with Crippen LogP contribution in [-0.2, 0) is 22.0 Å². The van der Waals surface area contributed by atoms with Crippen LogP contribution in [0.4, 0.5) is 5.69 Å². The Balaban J connectivity index is 0.00000261. The number of fused-ring (bicyclic) bond motifs is 1. The van der Waals surface area contributed by atoms with Crippen molar-refractivity contribution >= 4 is 34.8 Å². The second-order valence-electron chi connectivity index (χ2n) is 5.95. The Morgan fingerprint density at radius 1 is 1.07 bits per heavy atom. The first kappa shape index (κ1) is 21.1. The smallest absolute Gasteiger partial charge is 0.220 e. The molecule has 0 saturated heterocycles. The Kier molecular flexibility index (Phi) is 7.94. The number of ether oxygens (including phenoxy) is 2. The van der Waals surface area contributed by atoms with Gasteiger partial charge in [-0.3, -0.25) is 9.00 Å². The predicted octanol–water partition coefficient (Wildman–Crippen LogP) is 2.32. The first-order valence-electron chi connectivity index (χ1n) is 8.51. The number of hydrogen-bond acceptors (Lipinski definition) is 5. The Labute approximate surface area is 167 Å². The first-order valence-corrected chi connectivity index (χ1v) is 9.83. The minimum absolute atomic E-state index is 0.